The fraction of sp³-hybridized carbons (Fsp3) is 0. The van der Waals surface area contributed by atoms with Gasteiger partial charge in [0, 0.05) is 5.02 Å². The molecule has 6 nitrogen and oxygen atoms in total. The Bertz CT molecular complexity index is 607. The van der Waals surface area contributed by atoms with Crippen LogP contribution >= 0.6 is 23.2 Å². The van der Waals surface area contributed by atoms with E-state index in [1.54, 1.807) is 18.2 Å². The van der Waals surface area contributed by atoms with Crippen LogP contribution in [0.2, 0.25) is 10.2 Å². The minimum atomic E-state index is -0.706. The summed E-state index contributed by atoms with van der Waals surface area (Å²) in [5.41, 5.74) is -0.487. The van der Waals surface area contributed by atoms with Crippen molar-refractivity contribution >= 4 is 28.9 Å². The van der Waals surface area contributed by atoms with Gasteiger partial charge in [-0.1, -0.05) is 29.3 Å². The van der Waals surface area contributed by atoms with E-state index in [0.29, 0.717) is 10.8 Å². The molecular weight excluding hydrogens is 281 g/mol. The van der Waals surface area contributed by atoms with E-state index in [2.05, 4.69) is 9.97 Å². The van der Waals surface area contributed by atoms with Gasteiger partial charge in [-0.25, -0.2) is 4.98 Å². The highest BCUT2D eigenvalue weighted by Crippen LogP contribution is 2.33. The molecule has 92 valence electrons. The predicted molar refractivity (Wildman–Crippen MR) is 65.2 cm³/mol. The first-order chi connectivity index (χ1) is 8.58. The highest BCUT2D eigenvalue weighted by molar-refractivity contribution is 6.31. The van der Waals surface area contributed by atoms with Gasteiger partial charge in [-0.15, -0.1) is 0 Å². The van der Waals surface area contributed by atoms with Crippen molar-refractivity contribution in [3.8, 4) is 11.6 Å². The van der Waals surface area contributed by atoms with Crippen LogP contribution in [0.5, 0.6) is 11.6 Å². The number of hydrogen-bond acceptors (Lipinski definition) is 5. The molecule has 0 amide bonds. The monoisotopic (exact) mass is 285 g/mol. The molecule has 0 aliphatic carbocycles. The van der Waals surface area contributed by atoms with Crippen molar-refractivity contribution < 1.29 is 9.66 Å². The quantitative estimate of drug-likeness (QED) is 0.490. The summed E-state index contributed by atoms with van der Waals surface area (Å²) < 4.78 is 5.27. The van der Waals surface area contributed by atoms with Crippen LogP contribution in [0.1, 0.15) is 0 Å². The van der Waals surface area contributed by atoms with Crippen molar-refractivity contribution in [2.24, 2.45) is 0 Å². The summed E-state index contributed by atoms with van der Waals surface area (Å²) >= 11 is 11.4. The molecule has 0 aliphatic heterocycles. The van der Waals surface area contributed by atoms with Crippen molar-refractivity contribution in [1.29, 1.82) is 0 Å². The molecule has 0 N–H and O–H groups in total. The number of rotatable bonds is 3. The Morgan fingerprint density at radius 3 is 2.72 bits per heavy atom. The standard InChI is InChI=1S/C10H5Cl2N3O3/c11-6-2-1-3-7(4-6)18-10-8(15(16)17)9(12)13-5-14-10/h1-5H. The van der Waals surface area contributed by atoms with Gasteiger partial charge in [0.1, 0.15) is 12.1 Å². The normalized spacial score (nSPS) is 10.1. The Kier molecular flexibility index (Phi) is 3.59. The zero-order valence-corrected chi connectivity index (χ0v) is 10.2. The molecule has 0 radical (unpaired) electrons. The molecule has 0 saturated carbocycles. The number of nitro groups is 1. The van der Waals surface area contributed by atoms with E-state index >= 15 is 0 Å². The molecule has 8 heteroatoms. The Morgan fingerprint density at radius 2 is 2.06 bits per heavy atom. The number of aromatic nitrogens is 2. The van der Waals surface area contributed by atoms with Crippen molar-refractivity contribution in [1.82, 2.24) is 9.97 Å². The molecule has 1 aromatic heterocycles. The van der Waals surface area contributed by atoms with Gasteiger partial charge in [0.25, 0.3) is 0 Å². The zero-order chi connectivity index (χ0) is 13.1. The maximum absolute atomic E-state index is 10.8. The Hall–Kier alpha value is -1.92. The molecule has 0 saturated heterocycles. The molecule has 0 aliphatic rings. The van der Waals surface area contributed by atoms with E-state index in [4.69, 9.17) is 27.9 Å². The zero-order valence-electron chi connectivity index (χ0n) is 8.71. The summed E-state index contributed by atoms with van der Waals surface area (Å²) in [5.74, 6) is 0.0858. The molecule has 1 aromatic carbocycles. The molecule has 1 heterocycles. The van der Waals surface area contributed by atoms with Gasteiger partial charge in [0.15, 0.2) is 0 Å². The Labute approximate surface area is 111 Å². The largest absolute Gasteiger partial charge is 0.434 e. The minimum absolute atomic E-state index is 0.234. The first-order valence-electron chi connectivity index (χ1n) is 4.66. The SMILES string of the molecule is O=[N+]([O-])c1c(Cl)ncnc1Oc1cccc(Cl)c1. The van der Waals surface area contributed by atoms with E-state index in [1.807, 2.05) is 0 Å². The van der Waals surface area contributed by atoms with Crippen molar-refractivity contribution in [2.75, 3.05) is 0 Å². The third-order valence-corrected chi connectivity index (χ3v) is 2.45. The van der Waals surface area contributed by atoms with Gasteiger partial charge < -0.3 is 4.74 Å². The van der Waals surface area contributed by atoms with Crippen LogP contribution < -0.4 is 4.74 Å². The molecule has 2 aromatic rings. The first-order valence-corrected chi connectivity index (χ1v) is 5.42. The van der Waals surface area contributed by atoms with E-state index in [1.165, 1.54) is 6.07 Å². The van der Waals surface area contributed by atoms with Crippen molar-refractivity contribution in [3.05, 3.63) is 50.9 Å². The van der Waals surface area contributed by atoms with Crippen LogP contribution in [-0.2, 0) is 0 Å². The summed E-state index contributed by atoms with van der Waals surface area (Å²) in [4.78, 5) is 17.3. The molecule has 18 heavy (non-hydrogen) atoms. The van der Waals surface area contributed by atoms with Crippen molar-refractivity contribution in [3.63, 3.8) is 0 Å². The summed E-state index contributed by atoms with van der Waals surface area (Å²) in [6.45, 7) is 0. The van der Waals surface area contributed by atoms with E-state index in [0.717, 1.165) is 6.33 Å². The average Bonchev–Trinajstić information content (AvgIpc) is 2.28. The van der Waals surface area contributed by atoms with Gasteiger partial charge in [-0.2, -0.15) is 4.98 Å². The number of halogens is 2. The van der Waals surface area contributed by atoms with Crippen molar-refractivity contribution in [2.45, 2.75) is 0 Å². The Morgan fingerprint density at radius 1 is 1.28 bits per heavy atom. The van der Waals surface area contributed by atoms with Gasteiger partial charge >= 0.3 is 11.6 Å². The molecule has 0 spiro atoms. The summed E-state index contributed by atoms with van der Waals surface area (Å²) in [6.07, 6.45) is 1.08. The van der Waals surface area contributed by atoms with Crippen LogP contribution in [-0.4, -0.2) is 14.9 Å². The number of ether oxygens (including phenoxy) is 1. The second-order valence-corrected chi connectivity index (χ2v) is 3.93. The van der Waals surface area contributed by atoms with Crippen LogP contribution in [0, 0.1) is 10.1 Å². The number of benzene rings is 1. The molecule has 2 rings (SSSR count). The lowest BCUT2D eigenvalue weighted by molar-refractivity contribution is -0.386. The summed E-state index contributed by atoms with van der Waals surface area (Å²) in [6, 6.07) is 6.38. The number of hydrogen-bond donors (Lipinski definition) is 0. The smallest absolute Gasteiger partial charge is 0.368 e. The van der Waals surface area contributed by atoms with E-state index < -0.39 is 10.6 Å². The fourth-order valence-corrected chi connectivity index (χ4v) is 1.59. The minimum Gasteiger partial charge on any atom is -0.434 e. The van der Waals surface area contributed by atoms with Crippen LogP contribution in [0.15, 0.2) is 30.6 Å². The second kappa shape index (κ2) is 5.16. The van der Waals surface area contributed by atoms with Crippen LogP contribution in [0.4, 0.5) is 5.69 Å². The second-order valence-electron chi connectivity index (χ2n) is 3.13. The highest BCUT2D eigenvalue weighted by Gasteiger charge is 2.23. The van der Waals surface area contributed by atoms with Crippen LogP contribution in [0.25, 0.3) is 0 Å². The Balaban J connectivity index is 2.40. The lowest BCUT2D eigenvalue weighted by Gasteiger charge is -2.05. The molecule has 0 atom stereocenters. The fourth-order valence-electron chi connectivity index (χ4n) is 1.21. The van der Waals surface area contributed by atoms with E-state index in [-0.39, 0.29) is 11.0 Å². The molecule has 0 unspecified atom stereocenters. The van der Waals surface area contributed by atoms with Gasteiger partial charge in [-0.3, -0.25) is 10.1 Å². The average molecular weight is 286 g/mol. The number of nitrogens with zero attached hydrogens (tertiary/aromatic N) is 3. The molecular formula is C10H5Cl2N3O3. The van der Waals surface area contributed by atoms with E-state index in [9.17, 15) is 10.1 Å². The third-order valence-electron chi connectivity index (χ3n) is 1.94. The lowest BCUT2D eigenvalue weighted by Crippen LogP contribution is -1.98. The predicted octanol–water partition coefficient (Wildman–Crippen LogP) is 3.48. The molecule has 0 bridgehead atoms. The van der Waals surface area contributed by atoms with Gasteiger partial charge in [0.2, 0.25) is 5.15 Å². The lowest BCUT2D eigenvalue weighted by atomic mass is 10.3. The maximum atomic E-state index is 10.8. The van der Waals surface area contributed by atoms with Gasteiger partial charge in [0.05, 0.1) is 4.92 Å². The summed E-state index contributed by atoms with van der Waals surface area (Å²) in [5, 5.41) is 11.0. The molecule has 0 fully saturated rings. The third kappa shape index (κ3) is 2.66. The van der Waals surface area contributed by atoms with Crippen LogP contribution in [0.3, 0.4) is 0 Å². The van der Waals surface area contributed by atoms with Gasteiger partial charge in [-0.05, 0) is 18.2 Å². The first kappa shape index (κ1) is 12.5. The summed E-state index contributed by atoms with van der Waals surface area (Å²) in [7, 11) is 0. The highest BCUT2D eigenvalue weighted by atomic mass is 35.5. The maximum Gasteiger partial charge on any atom is 0.368 e. The topological polar surface area (TPSA) is 78.2 Å².